The van der Waals surface area contributed by atoms with Gasteiger partial charge in [-0.05, 0) is 30.3 Å². The molecular weight excluding hydrogens is 282 g/mol. The van der Waals surface area contributed by atoms with Crippen molar-refractivity contribution in [2.45, 2.75) is 0 Å². The first-order valence-corrected chi connectivity index (χ1v) is 5.78. The zero-order valence-corrected chi connectivity index (χ0v) is 10.6. The monoisotopic (exact) mass is 292 g/mol. The van der Waals surface area contributed by atoms with Gasteiger partial charge in [-0.15, -0.1) is 0 Å². The fraction of sp³-hybridized carbons (Fsp3) is 0. The number of carbonyl (C=O) groups is 2. The molecule has 0 aliphatic carbocycles. The zero-order valence-electron chi connectivity index (χ0n) is 10.6. The molecule has 0 saturated heterocycles. The van der Waals surface area contributed by atoms with E-state index in [2.05, 4.69) is 5.32 Å². The Morgan fingerprint density at radius 1 is 1.10 bits per heavy atom. The average Bonchev–Trinajstić information content (AvgIpc) is 2.43. The van der Waals surface area contributed by atoms with E-state index in [1.54, 1.807) is 0 Å². The Morgan fingerprint density at radius 3 is 2.43 bits per heavy atom. The van der Waals surface area contributed by atoms with Crippen LogP contribution in [-0.2, 0) is 0 Å². The van der Waals surface area contributed by atoms with Crippen LogP contribution in [0.5, 0.6) is 0 Å². The van der Waals surface area contributed by atoms with Crippen LogP contribution in [0.1, 0.15) is 20.7 Å². The molecule has 0 heterocycles. The third-order valence-corrected chi connectivity index (χ3v) is 2.75. The number of nitrogens with one attached hydrogen (secondary N) is 1. The largest absolute Gasteiger partial charge is 0.478 e. The number of carboxylic acids is 1. The number of hydrogen-bond acceptors (Lipinski definition) is 3. The number of carboxylic acid groups (broad SMARTS) is 1. The van der Waals surface area contributed by atoms with Crippen LogP contribution in [0.4, 0.5) is 20.2 Å². The van der Waals surface area contributed by atoms with E-state index in [9.17, 15) is 18.4 Å². The fourth-order valence-corrected chi connectivity index (χ4v) is 1.68. The molecule has 0 aromatic heterocycles. The Balaban J connectivity index is 2.36. The summed E-state index contributed by atoms with van der Waals surface area (Å²) in [6.45, 7) is 0. The SMILES string of the molecule is Nc1ccc(C(=O)Nc2c(F)cccc2C(=O)O)cc1F. The lowest BCUT2D eigenvalue weighted by molar-refractivity contribution is 0.0697. The highest BCUT2D eigenvalue weighted by Crippen LogP contribution is 2.21. The van der Waals surface area contributed by atoms with Gasteiger partial charge in [-0.2, -0.15) is 0 Å². The van der Waals surface area contributed by atoms with Crippen LogP contribution < -0.4 is 11.1 Å². The second-order valence-corrected chi connectivity index (χ2v) is 4.16. The number of anilines is 2. The number of aromatic carboxylic acids is 1. The van der Waals surface area contributed by atoms with Crippen molar-refractivity contribution < 1.29 is 23.5 Å². The van der Waals surface area contributed by atoms with Crippen molar-refractivity contribution in [3.8, 4) is 0 Å². The summed E-state index contributed by atoms with van der Waals surface area (Å²) in [5.41, 5.74) is 4.16. The molecule has 0 fully saturated rings. The highest BCUT2D eigenvalue weighted by molar-refractivity contribution is 6.07. The van der Waals surface area contributed by atoms with E-state index in [1.807, 2.05) is 0 Å². The molecule has 0 spiro atoms. The van der Waals surface area contributed by atoms with Crippen molar-refractivity contribution in [3.05, 3.63) is 59.2 Å². The molecule has 4 N–H and O–H groups in total. The molecule has 21 heavy (non-hydrogen) atoms. The average molecular weight is 292 g/mol. The maximum Gasteiger partial charge on any atom is 0.337 e. The predicted octanol–water partition coefficient (Wildman–Crippen LogP) is 2.50. The molecule has 0 radical (unpaired) electrons. The third kappa shape index (κ3) is 2.97. The van der Waals surface area contributed by atoms with E-state index in [0.29, 0.717) is 0 Å². The Kier molecular flexibility index (Phi) is 3.84. The number of amides is 1. The highest BCUT2D eigenvalue weighted by atomic mass is 19.1. The summed E-state index contributed by atoms with van der Waals surface area (Å²) in [5, 5.41) is 11.1. The number of benzene rings is 2. The second-order valence-electron chi connectivity index (χ2n) is 4.16. The van der Waals surface area contributed by atoms with Crippen molar-refractivity contribution in [2.75, 3.05) is 11.1 Å². The molecule has 2 aromatic rings. The number of nitrogens with two attached hydrogens (primary N) is 1. The van der Waals surface area contributed by atoms with Crippen molar-refractivity contribution in [1.82, 2.24) is 0 Å². The normalized spacial score (nSPS) is 10.2. The summed E-state index contributed by atoms with van der Waals surface area (Å²) < 4.78 is 26.9. The number of hydrogen-bond donors (Lipinski definition) is 3. The molecule has 1 amide bonds. The molecule has 108 valence electrons. The van der Waals surface area contributed by atoms with Crippen LogP contribution >= 0.6 is 0 Å². The molecule has 2 rings (SSSR count). The molecule has 0 saturated carbocycles. The summed E-state index contributed by atoms with van der Waals surface area (Å²) in [6, 6.07) is 6.66. The smallest absolute Gasteiger partial charge is 0.337 e. The van der Waals surface area contributed by atoms with Gasteiger partial charge in [0.2, 0.25) is 0 Å². The Labute approximate surface area is 118 Å². The van der Waals surface area contributed by atoms with Gasteiger partial charge in [0.05, 0.1) is 16.9 Å². The van der Waals surface area contributed by atoms with Gasteiger partial charge in [0.15, 0.2) is 0 Å². The Hall–Kier alpha value is -2.96. The maximum atomic E-state index is 13.7. The third-order valence-electron chi connectivity index (χ3n) is 2.75. The number of rotatable bonds is 3. The van der Waals surface area contributed by atoms with Crippen LogP contribution in [0.3, 0.4) is 0 Å². The maximum absolute atomic E-state index is 13.7. The minimum Gasteiger partial charge on any atom is -0.478 e. The fourth-order valence-electron chi connectivity index (χ4n) is 1.68. The standard InChI is InChI=1S/C14H10F2N2O3/c15-9-3-1-2-8(14(20)21)12(9)18-13(19)7-4-5-11(17)10(16)6-7/h1-6H,17H2,(H,18,19)(H,20,21). The summed E-state index contributed by atoms with van der Waals surface area (Å²) in [4.78, 5) is 22.9. The molecule has 0 aliphatic rings. The minimum absolute atomic E-state index is 0.110. The van der Waals surface area contributed by atoms with E-state index >= 15 is 0 Å². The van der Waals surface area contributed by atoms with Crippen LogP contribution in [0.15, 0.2) is 36.4 Å². The summed E-state index contributed by atoms with van der Waals surface area (Å²) in [7, 11) is 0. The molecule has 7 heteroatoms. The van der Waals surface area contributed by atoms with E-state index in [-0.39, 0.29) is 11.3 Å². The van der Waals surface area contributed by atoms with Gasteiger partial charge in [0.1, 0.15) is 11.6 Å². The predicted molar refractivity (Wildman–Crippen MR) is 72.1 cm³/mol. The summed E-state index contributed by atoms with van der Waals surface area (Å²) >= 11 is 0. The Morgan fingerprint density at radius 2 is 1.81 bits per heavy atom. The molecule has 0 unspecified atom stereocenters. The van der Waals surface area contributed by atoms with Crippen molar-refractivity contribution in [1.29, 1.82) is 0 Å². The van der Waals surface area contributed by atoms with E-state index in [0.717, 1.165) is 18.2 Å². The molecule has 0 bridgehead atoms. The van der Waals surface area contributed by atoms with Gasteiger partial charge in [-0.25, -0.2) is 13.6 Å². The van der Waals surface area contributed by atoms with Gasteiger partial charge >= 0.3 is 5.97 Å². The molecule has 0 atom stereocenters. The lowest BCUT2D eigenvalue weighted by atomic mass is 10.1. The van der Waals surface area contributed by atoms with Crippen molar-refractivity contribution in [2.24, 2.45) is 0 Å². The number of halogens is 2. The van der Waals surface area contributed by atoms with Crippen LogP contribution in [0.2, 0.25) is 0 Å². The van der Waals surface area contributed by atoms with Gasteiger partial charge < -0.3 is 16.2 Å². The van der Waals surface area contributed by atoms with Crippen molar-refractivity contribution in [3.63, 3.8) is 0 Å². The highest BCUT2D eigenvalue weighted by Gasteiger charge is 2.17. The first-order valence-electron chi connectivity index (χ1n) is 5.78. The molecule has 5 nitrogen and oxygen atoms in total. The van der Waals surface area contributed by atoms with Gasteiger partial charge in [0, 0.05) is 5.56 Å². The number of para-hydroxylation sites is 1. The molecular formula is C14H10F2N2O3. The minimum atomic E-state index is -1.40. The summed E-state index contributed by atoms with van der Waals surface area (Å²) in [6.07, 6.45) is 0. The first kappa shape index (κ1) is 14.4. The van der Waals surface area contributed by atoms with Crippen LogP contribution in [0, 0.1) is 11.6 Å². The van der Waals surface area contributed by atoms with Crippen LogP contribution in [-0.4, -0.2) is 17.0 Å². The number of nitrogen functional groups attached to an aromatic ring is 1. The topological polar surface area (TPSA) is 92.4 Å². The van der Waals surface area contributed by atoms with E-state index in [4.69, 9.17) is 10.8 Å². The van der Waals surface area contributed by atoms with Gasteiger partial charge in [-0.3, -0.25) is 4.79 Å². The quantitative estimate of drug-likeness (QED) is 0.758. The van der Waals surface area contributed by atoms with Crippen molar-refractivity contribution >= 4 is 23.3 Å². The second kappa shape index (κ2) is 5.58. The van der Waals surface area contributed by atoms with Gasteiger partial charge in [0.25, 0.3) is 5.91 Å². The van der Waals surface area contributed by atoms with E-state index < -0.39 is 34.8 Å². The van der Waals surface area contributed by atoms with Crippen LogP contribution in [0.25, 0.3) is 0 Å². The summed E-state index contributed by atoms with van der Waals surface area (Å²) in [5.74, 6) is -3.94. The number of carbonyl (C=O) groups excluding carboxylic acids is 1. The lowest BCUT2D eigenvalue weighted by Crippen LogP contribution is -2.16. The van der Waals surface area contributed by atoms with E-state index in [1.165, 1.54) is 18.2 Å². The first-order chi connectivity index (χ1) is 9.90. The molecule has 2 aromatic carbocycles. The molecule has 0 aliphatic heterocycles. The lowest BCUT2D eigenvalue weighted by Gasteiger charge is -2.10. The Bertz CT molecular complexity index is 732. The zero-order chi connectivity index (χ0) is 15.6. The van der Waals surface area contributed by atoms with Gasteiger partial charge in [-0.1, -0.05) is 6.07 Å².